The maximum Gasteiger partial charge on any atom is 0.267 e. The number of benzene rings is 2. The minimum atomic E-state index is -0.119. The second kappa shape index (κ2) is 8.54. The fourth-order valence-corrected chi connectivity index (χ4v) is 5.69. The zero-order valence-corrected chi connectivity index (χ0v) is 19.1. The lowest BCUT2D eigenvalue weighted by Crippen LogP contribution is -2.23. The van der Waals surface area contributed by atoms with Crippen LogP contribution in [-0.4, -0.2) is 30.2 Å². The molecule has 0 radical (unpaired) electrons. The fraction of sp³-hybridized carbons (Fsp3) is 0.360. The van der Waals surface area contributed by atoms with Crippen molar-refractivity contribution in [1.29, 1.82) is 0 Å². The summed E-state index contributed by atoms with van der Waals surface area (Å²) >= 11 is 1.48. The molecule has 0 amide bonds. The minimum Gasteiger partial charge on any atom is -0.298 e. The van der Waals surface area contributed by atoms with Crippen LogP contribution in [0.25, 0.3) is 22.4 Å². The van der Waals surface area contributed by atoms with Gasteiger partial charge in [-0.1, -0.05) is 68.8 Å². The lowest BCUT2D eigenvalue weighted by Gasteiger charge is -2.17. The Balaban J connectivity index is 1.77. The SMILES string of the molecule is CC(C)c1ccccc1-n1c(=O)c2ccccc2n2c(SC3CCCCCC3=O)nnc12. The van der Waals surface area contributed by atoms with Gasteiger partial charge in [-0.05, 0) is 42.5 Å². The Labute approximate surface area is 190 Å². The van der Waals surface area contributed by atoms with E-state index in [-0.39, 0.29) is 22.5 Å². The van der Waals surface area contributed by atoms with Crippen molar-refractivity contribution in [2.75, 3.05) is 0 Å². The maximum atomic E-state index is 13.6. The van der Waals surface area contributed by atoms with Crippen LogP contribution in [0.4, 0.5) is 0 Å². The highest BCUT2D eigenvalue weighted by Crippen LogP contribution is 2.32. The first-order chi connectivity index (χ1) is 15.6. The number of hydrogen-bond acceptors (Lipinski definition) is 5. The standard InChI is InChI=1S/C25H26N4O2S/c1-16(2)17-10-6-8-12-19(17)28-23(31)18-11-7-9-13-20(18)29-24(28)26-27-25(29)32-22-15-5-3-4-14-21(22)30/h6-13,16,22H,3-5,14-15H2,1-2H3. The van der Waals surface area contributed by atoms with Gasteiger partial charge in [0.2, 0.25) is 5.78 Å². The molecule has 1 aliphatic carbocycles. The average molecular weight is 447 g/mol. The van der Waals surface area contributed by atoms with E-state index in [1.807, 2.05) is 52.9 Å². The van der Waals surface area contributed by atoms with Crippen molar-refractivity contribution >= 4 is 34.2 Å². The summed E-state index contributed by atoms with van der Waals surface area (Å²) in [7, 11) is 0. The predicted molar refractivity (Wildman–Crippen MR) is 128 cm³/mol. The Hall–Kier alpha value is -2.93. The molecule has 0 bridgehead atoms. The number of ketones is 1. The first kappa shape index (κ1) is 20.9. The van der Waals surface area contributed by atoms with E-state index in [1.54, 1.807) is 4.57 Å². The van der Waals surface area contributed by atoms with E-state index in [4.69, 9.17) is 0 Å². The number of thioether (sulfide) groups is 1. The number of carbonyl (C=O) groups is 1. The van der Waals surface area contributed by atoms with Crippen LogP contribution < -0.4 is 5.56 Å². The van der Waals surface area contributed by atoms with E-state index in [0.29, 0.717) is 22.7 Å². The summed E-state index contributed by atoms with van der Waals surface area (Å²) in [4.78, 5) is 26.3. The zero-order valence-electron chi connectivity index (χ0n) is 18.3. The molecule has 0 spiro atoms. The van der Waals surface area contributed by atoms with Crippen LogP contribution in [-0.2, 0) is 4.79 Å². The van der Waals surface area contributed by atoms with E-state index in [9.17, 15) is 9.59 Å². The molecule has 0 N–H and O–H groups in total. The van der Waals surface area contributed by atoms with Crippen LogP contribution in [0.5, 0.6) is 0 Å². The van der Waals surface area contributed by atoms with Crippen molar-refractivity contribution in [2.24, 2.45) is 0 Å². The molecule has 2 aromatic carbocycles. The number of para-hydroxylation sites is 2. The largest absolute Gasteiger partial charge is 0.298 e. The fourth-order valence-electron chi connectivity index (χ4n) is 4.53. The molecule has 2 heterocycles. The van der Waals surface area contributed by atoms with Crippen molar-refractivity contribution in [3.63, 3.8) is 0 Å². The molecule has 1 unspecified atom stereocenters. The second-order valence-corrected chi connectivity index (χ2v) is 9.83. The molecule has 164 valence electrons. The third-order valence-electron chi connectivity index (χ3n) is 6.19. The summed E-state index contributed by atoms with van der Waals surface area (Å²) in [6.45, 7) is 4.23. The summed E-state index contributed by atoms with van der Waals surface area (Å²) < 4.78 is 3.61. The number of carbonyl (C=O) groups excluding carboxylic acids is 1. The van der Waals surface area contributed by atoms with Gasteiger partial charge in [-0.15, -0.1) is 10.2 Å². The maximum absolute atomic E-state index is 13.6. The van der Waals surface area contributed by atoms with Crippen molar-refractivity contribution in [2.45, 2.75) is 62.3 Å². The number of hydrogen-bond donors (Lipinski definition) is 0. The van der Waals surface area contributed by atoms with Crippen LogP contribution in [0.2, 0.25) is 0 Å². The first-order valence-electron chi connectivity index (χ1n) is 11.2. The summed E-state index contributed by atoms with van der Waals surface area (Å²) in [6, 6.07) is 15.5. The van der Waals surface area contributed by atoms with Gasteiger partial charge in [0.05, 0.1) is 21.8 Å². The predicted octanol–water partition coefficient (Wildman–Crippen LogP) is 5.15. The topological polar surface area (TPSA) is 69.3 Å². The summed E-state index contributed by atoms with van der Waals surface area (Å²) in [5, 5.41) is 10.1. The van der Waals surface area contributed by atoms with Crippen molar-refractivity contribution in [1.82, 2.24) is 19.2 Å². The lowest BCUT2D eigenvalue weighted by molar-refractivity contribution is -0.118. The molecule has 4 aromatic rings. The van der Waals surface area contributed by atoms with Crippen LogP contribution in [0.1, 0.15) is 57.4 Å². The van der Waals surface area contributed by atoms with Gasteiger partial charge in [0.25, 0.3) is 5.56 Å². The highest BCUT2D eigenvalue weighted by atomic mass is 32.2. The van der Waals surface area contributed by atoms with Gasteiger partial charge < -0.3 is 0 Å². The van der Waals surface area contributed by atoms with Gasteiger partial charge in [-0.3, -0.25) is 14.0 Å². The molecule has 1 atom stereocenters. The van der Waals surface area contributed by atoms with Gasteiger partial charge in [0.15, 0.2) is 5.16 Å². The van der Waals surface area contributed by atoms with Crippen LogP contribution in [0.15, 0.2) is 58.5 Å². The summed E-state index contributed by atoms with van der Waals surface area (Å²) in [6.07, 6.45) is 4.59. The van der Waals surface area contributed by atoms with E-state index in [0.717, 1.165) is 42.5 Å². The number of aromatic nitrogens is 4. The van der Waals surface area contributed by atoms with Gasteiger partial charge in [0, 0.05) is 6.42 Å². The Morgan fingerprint density at radius 3 is 2.59 bits per heavy atom. The van der Waals surface area contributed by atoms with Crippen LogP contribution >= 0.6 is 11.8 Å². The van der Waals surface area contributed by atoms with Crippen LogP contribution in [0.3, 0.4) is 0 Å². The van der Waals surface area contributed by atoms with Gasteiger partial charge >= 0.3 is 0 Å². The Morgan fingerprint density at radius 2 is 1.75 bits per heavy atom. The highest BCUT2D eigenvalue weighted by molar-refractivity contribution is 8.00. The summed E-state index contributed by atoms with van der Waals surface area (Å²) in [5.41, 5.74) is 2.54. The Kier molecular flexibility index (Phi) is 5.59. The molecule has 0 saturated heterocycles. The minimum absolute atomic E-state index is 0.115. The molecule has 6 nitrogen and oxygen atoms in total. The van der Waals surface area contributed by atoms with Crippen LogP contribution in [0, 0.1) is 0 Å². The van der Waals surface area contributed by atoms with E-state index < -0.39 is 0 Å². The number of rotatable bonds is 4. The van der Waals surface area contributed by atoms with Crippen molar-refractivity contribution in [3.8, 4) is 5.69 Å². The van der Waals surface area contributed by atoms with Crippen molar-refractivity contribution < 1.29 is 4.79 Å². The number of fused-ring (bicyclic) bond motifs is 3. The molecule has 7 heteroatoms. The molecule has 1 saturated carbocycles. The monoisotopic (exact) mass is 446 g/mol. The Bertz CT molecular complexity index is 1370. The molecule has 32 heavy (non-hydrogen) atoms. The third-order valence-corrected chi connectivity index (χ3v) is 7.45. The number of Topliss-reactive ketones (excluding diaryl/α,β-unsaturated/α-hetero) is 1. The second-order valence-electron chi connectivity index (χ2n) is 8.66. The third kappa shape index (κ3) is 3.54. The van der Waals surface area contributed by atoms with E-state index >= 15 is 0 Å². The van der Waals surface area contributed by atoms with Crippen molar-refractivity contribution in [3.05, 3.63) is 64.4 Å². The molecule has 0 aliphatic heterocycles. The quantitative estimate of drug-likeness (QED) is 0.406. The smallest absolute Gasteiger partial charge is 0.267 e. The van der Waals surface area contributed by atoms with E-state index in [1.165, 1.54) is 11.8 Å². The number of nitrogens with zero attached hydrogens (tertiary/aromatic N) is 4. The zero-order chi connectivity index (χ0) is 22.2. The van der Waals surface area contributed by atoms with Gasteiger partial charge in [-0.2, -0.15) is 0 Å². The molecule has 5 rings (SSSR count). The normalized spacial score (nSPS) is 17.3. The lowest BCUT2D eigenvalue weighted by atomic mass is 10.0. The molecular weight excluding hydrogens is 420 g/mol. The molecule has 1 fully saturated rings. The highest BCUT2D eigenvalue weighted by Gasteiger charge is 2.26. The average Bonchev–Trinajstić information content (AvgIpc) is 3.10. The Morgan fingerprint density at radius 1 is 0.969 bits per heavy atom. The van der Waals surface area contributed by atoms with Gasteiger partial charge in [0.1, 0.15) is 5.78 Å². The first-order valence-corrected chi connectivity index (χ1v) is 12.1. The summed E-state index contributed by atoms with van der Waals surface area (Å²) in [5.74, 6) is 1.00. The van der Waals surface area contributed by atoms with Gasteiger partial charge in [-0.25, -0.2) is 4.57 Å². The molecular formula is C25H26N4O2S. The molecule has 2 aromatic heterocycles. The molecule has 1 aliphatic rings. The van der Waals surface area contributed by atoms with E-state index in [2.05, 4.69) is 24.0 Å².